The van der Waals surface area contributed by atoms with Gasteiger partial charge in [-0.05, 0) is 43.7 Å². The molecule has 1 heterocycles. The Morgan fingerprint density at radius 1 is 1.10 bits per heavy atom. The number of nitrogens with two attached hydrogens (primary N) is 1. The van der Waals surface area contributed by atoms with Crippen molar-refractivity contribution >= 4 is 0 Å². The van der Waals surface area contributed by atoms with Crippen molar-refractivity contribution in [1.82, 2.24) is 4.98 Å². The second kappa shape index (κ2) is 6.91. The molecule has 0 saturated carbocycles. The molecule has 0 amide bonds. The van der Waals surface area contributed by atoms with Gasteiger partial charge in [0.05, 0.1) is 6.61 Å². The van der Waals surface area contributed by atoms with Gasteiger partial charge in [-0.3, -0.25) is 4.98 Å². The molecule has 0 spiro atoms. The third kappa shape index (κ3) is 3.48. The fourth-order valence-electron chi connectivity index (χ4n) is 1.99. The molecule has 2 atom stereocenters. The lowest BCUT2D eigenvalue weighted by Gasteiger charge is -2.24. The topological polar surface area (TPSA) is 57.4 Å². The monoisotopic (exact) mass is 272 g/mol. The number of hydrogen-bond acceptors (Lipinski definition) is 4. The highest BCUT2D eigenvalue weighted by Gasteiger charge is 2.19. The van der Waals surface area contributed by atoms with Crippen LogP contribution in [0.5, 0.6) is 11.5 Å². The summed E-state index contributed by atoms with van der Waals surface area (Å²) in [4.78, 5) is 4.02. The zero-order chi connectivity index (χ0) is 14.4. The van der Waals surface area contributed by atoms with Gasteiger partial charge in [0.15, 0.2) is 11.5 Å². The van der Waals surface area contributed by atoms with Crippen molar-refractivity contribution in [3.8, 4) is 11.5 Å². The van der Waals surface area contributed by atoms with E-state index < -0.39 is 0 Å². The lowest BCUT2D eigenvalue weighted by molar-refractivity contribution is 0.170. The first-order valence-electron chi connectivity index (χ1n) is 6.76. The molecule has 4 nitrogen and oxygen atoms in total. The van der Waals surface area contributed by atoms with E-state index in [4.69, 9.17) is 15.2 Å². The van der Waals surface area contributed by atoms with Crippen LogP contribution in [-0.2, 0) is 0 Å². The maximum absolute atomic E-state index is 6.07. The number of hydrogen-bond donors (Lipinski definition) is 1. The van der Waals surface area contributed by atoms with Crippen molar-refractivity contribution in [2.75, 3.05) is 6.61 Å². The highest BCUT2D eigenvalue weighted by atomic mass is 16.5. The summed E-state index contributed by atoms with van der Waals surface area (Å²) in [6.45, 7) is 4.47. The first-order valence-corrected chi connectivity index (χ1v) is 6.76. The van der Waals surface area contributed by atoms with Crippen LogP contribution in [0.2, 0.25) is 0 Å². The smallest absolute Gasteiger partial charge is 0.162 e. The Bertz CT molecular complexity index is 529. The zero-order valence-corrected chi connectivity index (χ0v) is 11.8. The van der Waals surface area contributed by atoms with Gasteiger partial charge >= 0.3 is 0 Å². The van der Waals surface area contributed by atoms with E-state index in [0.29, 0.717) is 12.4 Å². The first-order chi connectivity index (χ1) is 9.72. The summed E-state index contributed by atoms with van der Waals surface area (Å²) in [5, 5.41) is 0. The average molecular weight is 272 g/mol. The Hall–Kier alpha value is -2.07. The van der Waals surface area contributed by atoms with Crippen LogP contribution < -0.4 is 15.2 Å². The Balaban J connectivity index is 2.25. The minimum Gasteiger partial charge on any atom is -0.490 e. The molecule has 106 valence electrons. The van der Waals surface area contributed by atoms with E-state index in [1.165, 1.54) is 0 Å². The van der Waals surface area contributed by atoms with Crippen LogP contribution >= 0.6 is 0 Å². The third-order valence-corrected chi connectivity index (χ3v) is 2.92. The maximum Gasteiger partial charge on any atom is 0.162 e. The molecular weight excluding hydrogens is 252 g/mol. The van der Waals surface area contributed by atoms with Crippen LogP contribution in [0.4, 0.5) is 0 Å². The Labute approximate surface area is 119 Å². The molecule has 2 N–H and O–H groups in total. The van der Waals surface area contributed by atoms with Gasteiger partial charge in [0, 0.05) is 18.4 Å². The number of para-hydroxylation sites is 2. The lowest BCUT2D eigenvalue weighted by Crippen LogP contribution is -2.29. The van der Waals surface area contributed by atoms with E-state index in [-0.39, 0.29) is 12.1 Å². The molecule has 2 rings (SSSR count). The van der Waals surface area contributed by atoms with Crippen LogP contribution in [0.1, 0.15) is 25.5 Å². The van der Waals surface area contributed by atoms with Crippen molar-refractivity contribution in [2.45, 2.75) is 26.0 Å². The molecule has 20 heavy (non-hydrogen) atoms. The van der Waals surface area contributed by atoms with Crippen molar-refractivity contribution in [2.24, 2.45) is 5.73 Å². The predicted molar refractivity (Wildman–Crippen MR) is 78.9 cm³/mol. The summed E-state index contributed by atoms with van der Waals surface area (Å²) >= 11 is 0. The maximum atomic E-state index is 6.07. The summed E-state index contributed by atoms with van der Waals surface area (Å²) < 4.78 is 11.6. The van der Waals surface area contributed by atoms with E-state index in [2.05, 4.69) is 4.98 Å². The summed E-state index contributed by atoms with van der Waals surface area (Å²) in [6, 6.07) is 11.3. The van der Waals surface area contributed by atoms with Gasteiger partial charge < -0.3 is 15.2 Å². The predicted octanol–water partition coefficient (Wildman–Crippen LogP) is 2.95. The van der Waals surface area contributed by atoms with E-state index in [1.54, 1.807) is 12.4 Å². The van der Waals surface area contributed by atoms with Crippen molar-refractivity contribution in [1.29, 1.82) is 0 Å². The fourth-order valence-corrected chi connectivity index (χ4v) is 1.99. The van der Waals surface area contributed by atoms with Crippen LogP contribution in [0.25, 0.3) is 0 Å². The van der Waals surface area contributed by atoms with E-state index in [0.717, 1.165) is 11.3 Å². The lowest BCUT2D eigenvalue weighted by atomic mass is 10.1. The molecule has 0 saturated heterocycles. The summed E-state index contributed by atoms with van der Waals surface area (Å²) in [5.41, 5.74) is 7.06. The van der Waals surface area contributed by atoms with E-state index in [9.17, 15) is 0 Å². The van der Waals surface area contributed by atoms with Gasteiger partial charge in [-0.15, -0.1) is 0 Å². The number of aromatic nitrogens is 1. The van der Waals surface area contributed by atoms with Crippen molar-refractivity contribution in [3.63, 3.8) is 0 Å². The molecule has 0 aliphatic carbocycles. The molecular formula is C16H20N2O2. The standard InChI is InChI=1S/C16H20N2O2/c1-3-19-14-6-4-5-7-15(14)20-16(12(2)17)13-8-10-18-11-9-13/h4-12,16H,3,17H2,1-2H3. The highest BCUT2D eigenvalue weighted by molar-refractivity contribution is 5.40. The first kappa shape index (κ1) is 14.3. The number of pyridine rings is 1. The van der Waals surface area contributed by atoms with Crippen molar-refractivity contribution < 1.29 is 9.47 Å². The largest absolute Gasteiger partial charge is 0.490 e. The molecule has 1 aromatic carbocycles. The summed E-state index contributed by atoms with van der Waals surface area (Å²) in [7, 11) is 0. The van der Waals surface area contributed by atoms with Crippen LogP contribution in [0.15, 0.2) is 48.8 Å². The van der Waals surface area contributed by atoms with Crippen LogP contribution in [0, 0.1) is 0 Å². The van der Waals surface area contributed by atoms with Gasteiger partial charge in [0.1, 0.15) is 6.10 Å². The number of rotatable bonds is 6. The second-order valence-electron chi connectivity index (χ2n) is 4.56. The summed E-state index contributed by atoms with van der Waals surface area (Å²) in [6.07, 6.45) is 3.24. The van der Waals surface area contributed by atoms with Crippen LogP contribution in [0.3, 0.4) is 0 Å². The second-order valence-corrected chi connectivity index (χ2v) is 4.56. The van der Waals surface area contributed by atoms with E-state index >= 15 is 0 Å². The van der Waals surface area contributed by atoms with Gasteiger partial charge in [0.25, 0.3) is 0 Å². The molecule has 0 bridgehead atoms. The van der Waals surface area contributed by atoms with Gasteiger partial charge in [-0.1, -0.05) is 12.1 Å². The molecule has 2 unspecified atom stereocenters. The normalized spacial score (nSPS) is 13.6. The molecule has 2 aromatic rings. The third-order valence-electron chi connectivity index (χ3n) is 2.92. The molecule has 4 heteroatoms. The minimum absolute atomic E-state index is 0.146. The number of nitrogens with zero attached hydrogens (tertiary/aromatic N) is 1. The Kier molecular flexibility index (Phi) is 4.96. The zero-order valence-electron chi connectivity index (χ0n) is 11.8. The SMILES string of the molecule is CCOc1ccccc1OC(c1ccncc1)C(C)N. The average Bonchev–Trinajstić information content (AvgIpc) is 2.47. The van der Waals surface area contributed by atoms with Crippen LogP contribution in [-0.4, -0.2) is 17.6 Å². The molecule has 0 fully saturated rings. The molecule has 0 aliphatic heterocycles. The quantitative estimate of drug-likeness (QED) is 0.878. The molecule has 0 aliphatic rings. The molecule has 0 radical (unpaired) electrons. The fraction of sp³-hybridized carbons (Fsp3) is 0.312. The van der Waals surface area contributed by atoms with Gasteiger partial charge in [-0.25, -0.2) is 0 Å². The van der Waals surface area contributed by atoms with Gasteiger partial charge in [0.2, 0.25) is 0 Å². The highest BCUT2D eigenvalue weighted by Crippen LogP contribution is 2.31. The summed E-state index contributed by atoms with van der Waals surface area (Å²) in [5.74, 6) is 1.43. The number of ether oxygens (including phenoxy) is 2. The minimum atomic E-state index is -0.236. The Morgan fingerprint density at radius 2 is 1.75 bits per heavy atom. The van der Waals surface area contributed by atoms with Gasteiger partial charge in [-0.2, -0.15) is 0 Å². The Morgan fingerprint density at radius 3 is 2.35 bits per heavy atom. The molecule has 1 aromatic heterocycles. The number of benzene rings is 1. The van der Waals surface area contributed by atoms with E-state index in [1.807, 2.05) is 50.2 Å². The van der Waals surface area contributed by atoms with Crippen molar-refractivity contribution in [3.05, 3.63) is 54.4 Å².